The minimum absolute atomic E-state index is 0.817. The molecule has 1 fully saturated rings. The highest BCUT2D eigenvalue weighted by atomic mass is 32.2. The minimum atomic E-state index is 0.817. The molecule has 1 aliphatic carbocycles. The van der Waals surface area contributed by atoms with Gasteiger partial charge >= 0.3 is 0 Å². The van der Waals surface area contributed by atoms with E-state index < -0.39 is 0 Å². The van der Waals surface area contributed by atoms with Crippen molar-refractivity contribution in [1.82, 2.24) is 0 Å². The number of hydrogen-bond acceptors (Lipinski definition) is 1. The quantitative estimate of drug-likeness (QED) is 0.614. The van der Waals surface area contributed by atoms with Crippen LogP contribution in [0.3, 0.4) is 0 Å². The highest BCUT2D eigenvalue weighted by molar-refractivity contribution is 8.00. The van der Waals surface area contributed by atoms with Gasteiger partial charge in [-0.15, -0.1) is 0 Å². The SMILES string of the molecule is CC(C)CC[C@@H](SC(C)C)C1CC1. The Kier molecular flexibility index (Phi) is 4.64. The van der Waals surface area contributed by atoms with Crippen LogP contribution >= 0.6 is 11.8 Å². The molecule has 0 nitrogen and oxygen atoms in total. The van der Waals surface area contributed by atoms with Crippen LogP contribution in [0.25, 0.3) is 0 Å². The van der Waals surface area contributed by atoms with E-state index in [4.69, 9.17) is 0 Å². The summed E-state index contributed by atoms with van der Waals surface area (Å²) in [5.41, 5.74) is 0. The molecule has 0 heterocycles. The Labute approximate surface area is 87.9 Å². The first kappa shape index (κ1) is 11.4. The third kappa shape index (κ3) is 4.95. The van der Waals surface area contributed by atoms with Gasteiger partial charge in [-0.05, 0) is 42.8 Å². The molecule has 13 heavy (non-hydrogen) atoms. The van der Waals surface area contributed by atoms with Gasteiger partial charge in [0.2, 0.25) is 0 Å². The summed E-state index contributed by atoms with van der Waals surface area (Å²) < 4.78 is 0. The largest absolute Gasteiger partial charge is 0.155 e. The lowest BCUT2D eigenvalue weighted by Gasteiger charge is -2.19. The summed E-state index contributed by atoms with van der Waals surface area (Å²) in [5, 5.41) is 1.79. The average molecular weight is 200 g/mol. The summed E-state index contributed by atoms with van der Waals surface area (Å²) in [6, 6.07) is 0. The molecule has 78 valence electrons. The molecular weight excluding hydrogens is 176 g/mol. The zero-order chi connectivity index (χ0) is 9.84. The van der Waals surface area contributed by atoms with Crippen LogP contribution in [0.5, 0.6) is 0 Å². The van der Waals surface area contributed by atoms with Crippen LogP contribution in [0.15, 0.2) is 0 Å². The number of rotatable bonds is 6. The first-order chi connectivity index (χ1) is 6.09. The van der Waals surface area contributed by atoms with Crippen molar-refractivity contribution in [3.8, 4) is 0 Å². The summed E-state index contributed by atoms with van der Waals surface area (Å²) >= 11 is 2.21. The maximum Gasteiger partial charge on any atom is 0.00780 e. The lowest BCUT2D eigenvalue weighted by molar-refractivity contribution is 0.528. The first-order valence-corrected chi connectivity index (χ1v) is 6.69. The zero-order valence-corrected chi connectivity index (χ0v) is 10.4. The zero-order valence-electron chi connectivity index (χ0n) is 9.55. The van der Waals surface area contributed by atoms with E-state index >= 15 is 0 Å². The third-order valence-corrected chi connectivity index (χ3v) is 4.14. The summed E-state index contributed by atoms with van der Waals surface area (Å²) in [6.07, 6.45) is 5.87. The van der Waals surface area contributed by atoms with E-state index in [0.29, 0.717) is 0 Å². The smallest absolute Gasteiger partial charge is 0.00780 e. The van der Waals surface area contributed by atoms with E-state index in [1.807, 2.05) is 0 Å². The Bertz CT molecular complexity index is 136. The molecule has 0 amide bonds. The van der Waals surface area contributed by atoms with E-state index in [1.165, 1.54) is 25.7 Å². The van der Waals surface area contributed by atoms with Gasteiger partial charge in [-0.1, -0.05) is 27.7 Å². The fraction of sp³-hybridized carbons (Fsp3) is 1.00. The van der Waals surface area contributed by atoms with Crippen molar-refractivity contribution in [3.05, 3.63) is 0 Å². The summed E-state index contributed by atoms with van der Waals surface area (Å²) in [7, 11) is 0. The topological polar surface area (TPSA) is 0 Å². The maximum absolute atomic E-state index is 2.34. The van der Waals surface area contributed by atoms with Crippen molar-refractivity contribution < 1.29 is 0 Å². The van der Waals surface area contributed by atoms with Crippen LogP contribution in [0.1, 0.15) is 53.4 Å². The molecule has 0 N–H and O–H groups in total. The number of thioether (sulfide) groups is 1. The normalized spacial score (nSPS) is 19.8. The molecule has 0 aliphatic heterocycles. The molecule has 0 aromatic carbocycles. The second kappa shape index (κ2) is 5.29. The summed E-state index contributed by atoms with van der Waals surface area (Å²) in [4.78, 5) is 0. The highest BCUT2D eigenvalue weighted by Gasteiger charge is 2.31. The van der Waals surface area contributed by atoms with Crippen molar-refractivity contribution in [1.29, 1.82) is 0 Å². The van der Waals surface area contributed by atoms with E-state index in [-0.39, 0.29) is 0 Å². The van der Waals surface area contributed by atoms with Crippen molar-refractivity contribution >= 4 is 11.8 Å². The van der Waals surface area contributed by atoms with Crippen molar-refractivity contribution in [2.24, 2.45) is 11.8 Å². The Balaban J connectivity index is 2.21. The Morgan fingerprint density at radius 2 is 1.69 bits per heavy atom. The molecule has 0 bridgehead atoms. The molecule has 1 atom stereocenters. The van der Waals surface area contributed by atoms with Crippen LogP contribution in [0, 0.1) is 11.8 Å². The van der Waals surface area contributed by atoms with Crippen LogP contribution < -0.4 is 0 Å². The summed E-state index contributed by atoms with van der Waals surface area (Å²) in [5.74, 6) is 1.96. The molecule has 1 saturated carbocycles. The molecule has 0 saturated heterocycles. The van der Waals surface area contributed by atoms with Gasteiger partial charge in [0.25, 0.3) is 0 Å². The van der Waals surface area contributed by atoms with Crippen LogP contribution in [0.4, 0.5) is 0 Å². The Morgan fingerprint density at radius 3 is 2.08 bits per heavy atom. The molecule has 0 spiro atoms. The van der Waals surface area contributed by atoms with Crippen molar-refractivity contribution in [3.63, 3.8) is 0 Å². The second-order valence-electron chi connectivity index (χ2n) is 5.03. The second-order valence-corrected chi connectivity index (χ2v) is 6.85. The lowest BCUT2D eigenvalue weighted by Crippen LogP contribution is -2.10. The molecule has 0 aromatic rings. The Morgan fingerprint density at radius 1 is 1.08 bits per heavy atom. The summed E-state index contributed by atoms with van der Waals surface area (Å²) in [6.45, 7) is 9.33. The van der Waals surface area contributed by atoms with Gasteiger partial charge in [0.15, 0.2) is 0 Å². The van der Waals surface area contributed by atoms with Crippen LogP contribution in [0.2, 0.25) is 0 Å². The predicted molar refractivity (Wildman–Crippen MR) is 63.3 cm³/mol. The van der Waals surface area contributed by atoms with Gasteiger partial charge in [0, 0.05) is 5.25 Å². The maximum atomic E-state index is 2.34. The van der Waals surface area contributed by atoms with E-state index in [2.05, 4.69) is 39.5 Å². The van der Waals surface area contributed by atoms with Crippen LogP contribution in [-0.4, -0.2) is 10.5 Å². The molecule has 1 rings (SSSR count). The fourth-order valence-corrected chi connectivity index (χ4v) is 3.20. The van der Waals surface area contributed by atoms with Crippen LogP contribution in [-0.2, 0) is 0 Å². The van der Waals surface area contributed by atoms with Gasteiger partial charge in [0.1, 0.15) is 0 Å². The van der Waals surface area contributed by atoms with Gasteiger partial charge in [-0.3, -0.25) is 0 Å². The minimum Gasteiger partial charge on any atom is -0.155 e. The monoisotopic (exact) mass is 200 g/mol. The van der Waals surface area contributed by atoms with Gasteiger partial charge < -0.3 is 0 Å². The standard InChI is InChI=1S/C12H24S/c1-9(2)5-8-12(11-6-7-11)13-10(3)4/h9-12H,5-8H2,1-4H3/t12-/m1/s1. The van der Waals surface area contributed by atoms with Gasteiger partial charge in [-0.25, -0.2) is 0 Å². The van der Waals surface area contributed by atoms with E-state index in [9.17, 15) is 0 Å². The molecule has 0 radical (unpaired) electrons. The van der Waals surface area contributed by atoms with Crippen molar-refractivity contribution in [2.45, 2.75) is 63.9 Å². The Hall–Kier alpha value is 0.350. The molecule has 1 heteroatoms. The van der Waals surface area contributed by atoms with E-state index in [0.717, 1.165) is 22.3 Å². The third-order valence-electron chi connectivity index (χ3n) is 2.62. The predicted octanol–water partition coefficient (Wildman–Crippen LogP) is 4.34. The molecular formula is C12H24S. The van der Waals surface area contributed by atoms with Gasteiger partial charge in [-0.2, -0.15) is 11.8 Å². The van der Waals surface area contributed by atoms with Crippen molar-refractivity contribution in [2.75, 3.05) is 0 Å². The molecule has 0 aromatic heterocycles. The number of hydrogen-bond donors (Lipinski definition) is 0. The average Bonchev–Trinajstić information content (AvgIpc) is 2.78. The van der Waals surface area contributed by atoms with Gasteiger partial charge in [0.05, 0.1) is 0 Å². The van der Waals surface area contributed by atoms with E-state index in [1.54, 1.807) is 0 Å². The first-order valence-electron chi connectivity index (χ1n) is 5.75. The molecule has 1 aliphatic rings. The molecule has 0 unspecified atom stereocenters. The fourth-order valence-electron chi connectivity index (χ4n) is 1.73. The highest BCUT2D eigenvalue weighted by Crippen LogP contribution is 2.42. The lowest BCUT2D eigenvalue weighted by atomic mass is 10.0.